The van der Waals surface area contributed by atoms with Gasteiger partial charge in [-0.3, -0.25) is 30.4 Å². The van der Waals surface area contributed by atoms with Crippen molar-refractivity contribution in [2.24, 2.45) is 0 Å². The summed E-state index contributed by atoms with van der Waals surface area (Å²) in [6.45, 7) is 0.499. The molecule has 0 amide bonds. The standard InChI is InChI=1S/C23H18N4O4.C22H16N4O4/c1-26(16-3-2-4-18(12-16)27(28)29)17-7-8-19-20(24-25-21(19)13-17)9-5-15-6-10-22-23(11-15)31-14-30-22;27-26(28)17-3-1-2-15(11-17)23-16-6-7-18-19(24-25-20(18)12-16)8-4-14-5-9-21-22(10-14)30-13-29-21/h2-13H,14H2,1H3,(H,24,25);1-12,23H,13H2,(H,24,25)/b9-5+;8-4+. The fraction of sp³-hybridized carbons (Fsp3) is 0.0667. The van der Waals surface area contributed by atoms with Gasteiger partial charge < -0.3 is 29.2 Å². The Labute approximate surface area is 346 Å². The first-order valence-electron chi connectivity index (χ1n) is 18.9. The lowest BCUT2D eigenvalue weighted by Crippen LogP contribution is -2.09. The second kappa shape index (κ2) is 16.3. The second-order valence-corrected chi connectivity index (χ2v) is 13.9. The molecule has 0 fully saturated rings. The van der Waals surface area contributed by atoms with Gasteiger partial charge in [-0.25, -0.2) is 0 Å². The summed E-state index contributed by atoms with van der Waals surface area (Å²) in [5.41, 5.74) is 8.50. The van der Waals surface area contributed by atoms with Gasteiger partial charge in [0.15, 0.2) is 23.0 Å². The van der Waals surface area contributed by atoms with Gasteiger partial charge in [0.25, 0.3) is 11.4 Å². The highest BCUT2D eigenvalue weighted by Crippen LogP contribution is 2.35. The van der Waals surface area contributed by atoms with Gasteiger partial charge in [0.05, 0.1) is 32.3 Å². The van der Waals surface area contributed by atoms with Gasteiger partial charge in [0.2, 0.25) is 13.6 Å². The summed E-state index contributed by atoms with van der Waals surface area (Å²) in [6.07, 6.45) is 7.82. The van der Waals surface area contributed by atoms with Crippen LogP contribution in [-0.2, 0) is 0 Å². The molecule has 0 spiro atoms. The van der Waals surface area contributed by atoms with E-state index in [0.717, 1.165) is 84.4 Å². The summed E-state index contributed by atoms with van der Waals surface area (Å²) in [6, 6.07) is 36.2. The molecule has 2 aromatic heterocycles. The number of ether oxygens (including phenoxy) is 4. The molecule has 0 radical (unpaired) electrons. The van der Waals surface area contributed by atoms with Crippen molar-refractivity contribution in [1.82, 2.24) is 20.4 Å². The number of H-pyrrole nitrogens is 2. The topological polar surface area (TPSA) is 196 Å². The molecule has 3 N–H and O–H groups in total. The van der Waals surface area contributed by atoms with Crippen LogP contribution < -0.4 is 29.2 Å². The zero-order chi connectivity index (χ0) is 41.9. The normalized spacial score (nSPS) is 12.5. The SMILES string of the molecule is CN(c1cccc([N+](=O)[O-])c1)c1ccc2c(/C=C/c3ccc4c(c3)OCO4)n[nH]c2c1.O=[N+]([O-])c1cccc(Nc2ccc3c(/C=C/c4ccc5c(c4)OCO5)n[nH]c3c2)c1. The lowest BCUT2D eigenvalue weighted by molar-refractivity contribution is -0.385. The van der Waals surface area contributed by atoms with E-state index < -0.39 is 9.85 Å². The Hall–Kier alpha value is -8.66. The van der Waals surface area contributed by atoms with Gasteiger partial charge in [0.1, 0.15) is 0 Å². The molecule has 8 aromatic rings. The van der Waals surface area contributed by atoms with Crippen LogP contribution in [0, 0.1) is 20.2 Å². The molecule has 0 saturated heterocycles. The van der Waals surface area contributed by atoms with Crippen molar-refractivity contribution in [3.63, 3.8) is 0 Å². The van der Waals surface area contributed by atoms with Crippen LogP contribution in [-0.4, -0.2) is 50.9 Å². The summed E-state index contributed by atoms with van der Waals surface area (Å²) in [5, 5.41) is 42.0. The average molecular weight is 815 g/mol. The maximum Gasteiger partial charge on any atom is 0.271 e. The minimum Gasteiger partial charge on any atom is -0.454 e. The van der Waals surface area contributed by atoms with Gasteiger partial charge in [-0.05, 0) is 96.1 Å². The molecule has 0 unspecified atom stereocenters. The van der Waals surface area contributed by atoms with Gasteiger partial charge in [-0.15, -0.1) is 0 Å². The van der Waals surface area contributed by atoms with Crippen molar-refractivity contribution in [2.45, 2.75) is 0 Å². The van der Waals surface area contributed by atoms with Crippen molar-refractivity contribution in [2.75, 3.05) is 30.9 Å². The van der Waals surface area contributed by atoms with E-state index in [1.165, 1.54) is 18.2 Å². The third-order valence-electron chi connectivity index (χ3n) is 9.99. The number of benzene rings is 6. The van der Waals surface area contributed by atoms with E-state index in [1.807, 2.05) is 115 Å². The predicted octanol–water partition coefficient (Wildman–Crippen LogP) is 10.3. The minimum absolute atomic E-state index is 0.0403. The number of anilines is 4. The summed E-state index contributed by atoms with van der Waals surface area (Å²) in [5.74, 6) is 2.98. The quantitative estimate of drug-likeness (QED) is 0.0874. The van der Waals surface area contributed by atoms with E-state index in [0.29, 0.717) is 5.69 Å². The Balaban J connectivity index is 0.000000156. The maximum absolute atomic E-state index is 11.1. The largest absolute Gasteiger partial charge is 0.454 e. The van der Waals surface area contributed by atoms with Crippen LogP contribution in [0.3, 0.4) is 0 Å². The Morgan fingerprint density at radius 1 is 0.574 bits per heavy atom. The Morgan fingerprint density at radius 2 is 1.10 bits per heavy atom. The fourth-order valence-corrected chi connectivity index (χ4v) is 6.82. The monoisotopic (exact) mass is 814 g/mol. The summed E-state index contributed by atoms with van der Waals surface area (Å²) >= 11 is 0. The van der Waals surface area contributed by atoms with Crippen molar-refractivity contribution in [3.8, 4) is 23.0 Å². The number of nitro groups is 2. The average Bonchev–Trinajstić information content (AvgIpc) is 4.11. The maximum atomic E-state index is 11.1. The summed E-state index contributed by atoms with van der Waals surface area (Å²) in [4.78, 5) is 23.1. The Kier molecular flexibility index (Phi) is 10.1. The van der Waals surface area contributed by atoms with E-state index in [-0.39, 0.29) is 25.0 Å². The van der Waals surface area contributed by atoms with Crippen LogP contribution in [0.25, 0.3) is 46.1 Å². The number of non-ortho nitro benzene ring substituents is 2. The first-order chi connectivity index (χ1) is 29.7. The number of nitrogens with one attached hydrogen (secondary N) is 3. The number of rotatable bonds is 10. The lowest BCUT2D eigenvalue weighted by Gasteiger charge is -2.19. The van der Waals surface area contributed by atoms with Crippen LogP contribution in [0.15, 0.2) is 121 Å². The molecule has 16 nitrogen and oxygen atoms in total. The Bertz CT molecular complexity index is 3030. The number of nitrogens with zero attached hydrogens (tertiary/aromatic N) is 5. The molecule has 0 saturated carbocycles. The molecule has 0 bridgehead atoms. The lowest BCUT2D eigenvalue weighted by atomic mass is 10.1. The zero-order valence-corrected chi connectivity index (χ0v) is 32.3. The van der Waals surface area contributed by atoms with E-state index in [2.05, 4.69) is 25.7 Å². The van der Waals surface area contributed by atoms with Gasteiger partial charge in [-0.1, -0.05) is 36.4 Å². The van der Waals surface area contributed by atoms with Crippen LogP contribution >= 0.6 is 0 Å². The van der Waals surface area contributed by atoms with Crippen LogP contribution in [0.5, 0.6) is 23.0 Å². The van der Waals surface area contributed by atoms with Crippen molar-refractivity contribution in [3.05, 3.63) is 164 Å². The molecule has 10 rings (SSSR count). The molecule has 0 aliphatic carbocycles. The molecule has 2 aliphatic heterocycles. The summed E-state index contributed by atoms with van der Waals surface area (Å²) in [7, 11) is 1.87. The number of aromatic amines is 2. The van der Waals surface area contributed by atoms with Crippen molar-refractivity contribution >= 4 is 80.2 Å². The first kappa shape index (κ1) is 37.9. The zero-order valence-electron chi connectivity index (χ0n) is 32.3. The molecule has 6 aromatic carbocycles. The highest BCUT2D eigenvalue weighted by Gasteiger charge is 2.15. The second-order valence-electron chi connectivity index (χ2n) is 13.9. The van der Waals surface area contributed by atoms with Gasteiger partial charge >= 0.3 is 0 Å². The van der Waals surface area contributed by atoms with E-state index >= 15 is 0 Å². The highest BCUT2D eigenvalue weighted by molar-refractivity contribution is 5.93. The number of hydrogen-bond donors (Lipinski definition) is 3. The number of nitro benzene ring substituents is 2. The van der Waals surface area contributed by atoms with Crippen molar-refractivity contribution in [1.29, 1.82) is 0 Å². The third-order valence-corrected chi connectivity index (χ3v) is 9.99. The number of hydrogen-bond acceptors (Lipinski definition) is 12. The van der Waals surface area contributed by atoms with E-state index in [1.54, 1.807) is 24.3 Å². The molecule has 4 heterocycles. The molecular weight excluding hydrogens is 781 g/mol. The molecular formula is C45H34N8O8. The predicted molar refractivity (Wildman–Crippen MR) is 233 cm³/mol. The van der Waals surface area contributed by atoms with Crippen LogP contribution in [0.2, 0.25) is 0 Å². The third kappa shape index (κ3) is 8.22. The van der Waals surface area contributed by atoms with E-state index in [4.69, 9.17) is 18.9 Å². The number of aromatic nitrogens is 4. The Morgan fingerprint density at radius 3 is 1.72 bits per heavy atom. The highest BCUT2D eigenvalue weighted by atomic mass is 16.7. The van der Waals surface area contributed by atoms with Crippen LogP contribution in [0.4, 0.5) is 34.1 Å². The molecule has 16 heteroatoms. The first-order valence-corrected chi connectivity index (χ1v) is 18.9. The van der Waals surface area contributed by atoms with E-state index in [9.17, 15) is 20.2 Å². The fourth-order valence-electron chi connectivity index (χ4n) is 6.82. The molecule has 2 aliphatic rings. The smallest absolute Gasteiger partial charge is 0.271 e. The molecule has 302 valence electrons. The van der Waals surface area contributed by atoms with Crippen LogP contribution in [0.1, 0.15) is 22.5 Å². The molecule has 61 heavy (non-hydrogen) atoms. The van der Waals surface area contributed by atoms with Gasteiger partial charge in [0, 0.05) is 64.8 Å². The summed E-state index contributed by atoms with van der Waals surface area (Å²) < 4.78 is 21.5. The molecule has 0 atom stereocenters. The number of fused-ring (bicyclic) bond motifs is 4. The van der Waals surface area contributed by atoms with Gasteiger partial charge in [-0.2, -0.15) is 10.2 Å². The minimum atomic E-state index is -0.415. The van der Waals surface area contributed by atoms with Crippen molar-refractivity contribution < 1.29 is 28.8 Å².